The molecule has 2 aromatic carbocycles. The van der Waals surface area contributed by atoms with Crippen molar-refractivity contribution >= 4 is 48.6 Å². The third-order valence-electron chi connectivity index (χ3n) is 4.89. The highest BCUT2D eigenvalue weighted by Gasteiger charge is 2.33. The number of nitrogens with zero attached hydrogens (tertiary/aromatic N) is 4. The van der Waals surface area contributed by atoms with Crippen molar-refractivity contribution in [3.8, 4) is 22.6 Å². The predicted octanol–water partition coefficient (Wildman–Crippen LogP) is 5.62. The van der Waals surface area contributed by atoms with Gasteiger partial charge in [0.25, 0.3) is 0 Å². The summed E-state index contributed by atoms with van der Waals surface area (Å²) >= 11 is 7.04. The fraction of sp³-hybridized carbons (Fsp3) is 0.105. The van der Waals surface area contributed by atoms with Crippen molar-refractivity contribution in [3.63, 3.8) is 0 Å². The normalized spacial score (nSPS) is 12.8. The summed E-state index contributed by atoms with van der Waals surface area (Å²) in [6, 6.07) is 13.4. The topological polar surface area (TPSA) is 65.9 Å². The van der Waals surface area contributed by atoms with Gasteiger partial charge in [-0.3, -0.25) is 10.1 Å². The molecule has 6 nitrogen and oxygen atoms in total. The van der Waals surface area contributed by atoms with Crippen LogP contribution in [0.3, 0.4) is 0 Å². The molecule has 5 rings (SSSR count). The van der Waals surface area contributed by atoms with E-state index < -0.39 is 0 Å². The van der Waals surface area contributed by atoms with Gasteiger partial charge >= 0.3 is 5.69 Å². The first kappa shape index (κ1) is 16.7. The van der Waals surface area contributed by atoms with E-state index in [-0.39, 0.29) is 10.6 Å². The van der Waals surface area contributed by atoms with Crippen molar-refractivity contribution < 1.29 is 4.92 Å². The first-order valence-corrected chi connectivity index (χ1v) is 9.92. The minimum absolute atomic E-state index is 0.107. The molecular formula is C19H12Br2N4O2. The number of imidazole rings is 1. The average molecular weight is 488 g/mol. The Kier molecular flexibility index (Phi) is 3.73. The summed E-state index contributed by atoms with van der Waals surface area (Å²) in [7, 11) is 0. The molecule has 0 saturated heterocycles. The Bertz CT molecular complexity index is 1230. The summed E-state index contributed by atoms with van der Waals surface area (Å²) < 4.78 is 5.84. The number of aromatic nitrogens is 3. The third kappa shape index (κ3) is 2.47. The van der Waals surface area contributed by atoms with Crippen LogP contribution in [0, 0.1) is 10.1 Å². The molecule has 0 fully saturated rings. The Labute approximate surface area is 170 Å². The number of benzene rings is 2. The van der Waals surface area contributed by atoms with Crippen molar-refractivity contribution in [2.75, 3.05) is 0 Å². The number of halogens is 2. The fourth-order valence-corrected chi connectivity index (χ4v) is 4.37. The minimum atomic E-state index is -0.297. The quantitative estimate of drug-likeness (QED) is 0.272. The molecule has 0 bridgehead atoms. The fourth-order valence-electron chi connectivity index (χ4n) is 3.70. The highest BCUT2D eigenvalue weighted by atomic mass is 79.9. The monoisotopic (exact) mass is 486 g/mol. The molecule has 2 aromatic heterocycles. The van der Waals surface area contributed by atoms with Gasteiger partial charge < -0.3 is 9.13 Å². The van der Waals surface area contributed by atoms with Crippen molar-refractivity contribution in [2.45, 2.75) is 13.1 Å². The maximum Gasteiger partial charge on any atom is 0.305 e. The van der Waals surface area contributed by atoms with E-state index in [4.69, 9.17) is 4.98 Å². The first-order chi connectivity index (χ1) is 13.0. The second-order valence-electron chi connectivity index (χ2n) is 6.40. The van der Waals surface area contributed by atoms with Gasteiger partial charge in [0, 0.05) is 28.2 Å². The van der Waals surface area contributed by atoms with Crippen molar-refractivity contribution in [1.82, 2.24) is 14.1 Å². The predicted molar refractivity (Wildman–Crippen MR) is 111 cm³/mol. The second kappa shape index (κ2) is 6.03. The third-order valence-corrected chi connectivity index (χ3v) is 6.73. The molecule has 0 unspecified atom stereocenters. The number of hydrogen-bond acceptors (Lipinski definition) is 3. The van der Waals surface area contributed by atoms with Crippen LogP contribution < -0.4 is 0 Å². The zero-order valence-corrected chi connectivity index (χ0v) is 17.1. The van der Waals surface area contributed by atoms with Gasteiger partial charge in [0.05, 0.1) is 21.5 Å². The molecule has 8 heteroatoms. The molecule has 1 aliphatic rings. The van der Waals surface area contributed by atoms with Crippen LogP contribution in [0.1, 0.15) is 0 Å². The van der Waals surface area contributed by atoms with Crippen LogP contribution >= 0.6 is 31.9 Å². The SMILES string of the molecule is O=[N+]([O-])c1c(-c2ccccc2)cn2c1-c1nc3cc(Br)c(Br)cc3n1CC2. The van der Waals surface area contributed by atoms with Gasteiger partial charge in [-0.15, -0.1) is 0 Å². The van der Waals surface area contributed by atoms with Gasteiger partial charge in [-0.1, -0.05) is 30.3 Å². The molecule has 0 atom stereocenters. The number of fused-ring (bicyclic) bond motifs is 5. The Morgan fingerprint density at radius 1 is 1.07 bits per heavy atom. The molecule has 0 N–H and O–H groups in total. The van der Waals surface area contributed by atoms with Crippen molar-refractivity contribution in [2.24, 2.45) is 0 Å². The van der Waals surface area contributed by atoms with Crippen LogP contribution in [0.25, 0.3) is 33.7 Å². The number of hydrogen-bond donors (Lipinski definition) is 0. The zero-order valence-electron chi connectivity index (χ0n) is 13.9. The van der Waals surface area contributed by atoms with Crippen molar-refractivity contribution in [3.05, 3.63) is 67.7 Å². The molecular weight excluding hydrogens is 476 g/mol. The largest absolute Gasteiger partial charge is 0.337 e. The first-order valence-electron chi connectivity index (χ1n) is 8.33. The van der Waals surface area contributed by atoms with Crippen LogP contribution in [-0.2, 0) is 13.1 Å². The molecule has 4 aromatic rings. The molecule has 0 saturated carbocycles. The van der Waals surface area contributed by atoms with Gasteiger partial charge in [-0.05, 0) is 49.6 Å². The van der Waals surface area contributed by atoms with Crippen LogP contribution in [-0.4, -0.2) is 19.0 Å². The number of aryl methyl sites for hydroxylation is 2. The average Bonchev–Trinajstić information content (AvgIpc) is 3.21. The summed E-state index contributed by atoms with van der Waals surface area (Å²) in [5.74, 6) is 0.634. The lowest BCUT2D eigenvalue weighted by Crippen LogP contribution is -2.16. The van der Waals surface area contributed by atoms with E-state index in [0.29, 0.717) is 30.2 Å². The number of nitro groups is 1. The molecule has 134 valence electrons. The zero-order chi connectivity index (χ0) is 18.7. The molecule has 0 amide bonds. The Morgan fingerprint density at radius 2 is 1.81 bits per heavy atom. The maximum absolute atomic E-state index is 12.0. The Morgan fingerprint density at radius 3 is 2.56 bits per heavy atom. The lowest BCUT2D eigenvalue weighted by molar-refractivity contribution is -0.383. The molecule has 0 spiro atoms. The van der Waals surface area contributed by atoms with Crippen LogP contribution in [0.15, 0.2) is 57.6 Å². The summed E-state index contributed by atoms with van der Waals surface area (Å²) in [4.78, 5) is 16.4. The summed E-state index contributed by atoms with van der Waals surface area (Å²) in [6.45, 7) is 1.38. The molecule has 27 heavy (non-hydrogen) atoms. The molecule has 0 aliphatic carbocycles. The van der Waals surface area contributed by atoms with Crippen LogP contribution in [0.4, 0.5) is 5.69 Å². The molecule has 0 radical (unpaired) electrons. The van der Waals surface area contributed by atoms with Gasteiger partial charge in [-0.25, -0.2) is 4.98 Å². The van der Waals surface area contributed by atoms with Crippen LogP contribution in [0.5, 0.6) is 0 Å². The van der Waals surface area contributed by atoms with E-state index in [1.807, 2.05) is 53.2 Å². The standard InChI is InChI=1S/C19H12Br2N4O2/c20-13-8-15-16(9-14(13)21)24-7-6-23-10-12(11-4-2-1-3-5-11)17(25(26)27)18(23)19(24)22-15/h1-5,8-10H,6-7H2. The highest BCUT2D eigenvalue weighted by molar-refractivity contribution is 9.13. The number of rotatable bonds is 2. The van der Waals surface area contributed by atoms with E-state index in [1.54, 1.807) is 0 Å². The summed E-state index contributed by atoms with van der Waals surface area (Å²) in [6.07, 6.45) is 1.87. The van der Waals surface area contributed by atoms with Gasteiger partial charge in [-0.2, -0.15) is 0 Å². The molecule has 1 aliphatic heterocycles. The van der Waals surface area contributed by atoms with E-state index in [1.165, 1.54) is 0 Å². The van der Waals surface area contributed by atoms with E-state index in [0.717, 1.165) is 25.5 Å². The maximum atomic E-state index is 12.0. The van der Waals surface area contributed by atoms with E-state index in [2.05, 4.69) is 36.4 Å². The van der Waals surface area contributed by atoms with E-state index in [9.17, 15) is 10.1 Å². The Balaban J connectivity index is 1.82. The van der Waals surface area contributed by atoms with Gasteiger partial charge in [0.15, 0.2) is 11.5 Å². The lowest BCUT2D eigenvalue weighted by Gasteiger charge is -2.17. The van der Waals surface area contributed by atoms with Crippen molar-refractivity contribution in [1.29, 1.82) is 0 Å². The highest BCUT2D eigenvalue weighted by Crippen LogP contribution is 2.43. The second-order valence-corrected chi connectivity index (χ2v) is 8.11. The van der Waals surface area contributed by atoms with Gasteiger partial charge in [0.1, 0.15) is 0 Å². The van der Waals surface area contributed by atoms with Crippen LogP contribution in [0.2, 0.25) is 0 Å². The smallest absolute Gasteiger partial charge is 0.305 e. The van der Waals surface area contributed by atoms with E-state index >= 15 is 0 Å². The summed E-state index contributed by atoms with van der Waals surface area (Å²) in [5.41, 5.74) is 3.90. The minimum Gasteiger partial charge on any atom is -0.337 e. The Hall–Kier alpha value is -2.45. The van der Waals surface area contributed by atoms with Gasteiger partial charge in [0.2, 0.25) is 0 Å². The summed E-state index contributed by atoms with van der Waals surface area (Å²) in [5, 5.41) is 12.0. The molecule has 3 heterocycles. The lowest BCUT2D eigenvalue weighted by atomic mass is 10.1.